The molecule has 1 saturated heterocycles. The van der Waals surface area contributed by atoms with E-state index in [0.29, 0.717) is 11.7 Å². The maximum Gasteiger partial charge on any atom is 0.131 e. The Morgan fingerprint density at radius 1 is 1.41 bits per heavy atom. The van der Waals surface area contributed by atoms with Crippen molar-refractivity contribution in [1.29, 1.82) is 0 Å². The number of hydrogen-bond donors (Lipinski definition) is 2. The molecule has 0 amide bonds. The van der Waals surface area contributed by atoms with Gasteiger partial charge in [-0.2, -0.15) is 0 Å². The molecule has 1 aromatic heterocycles. The van der Waals surface area contributed by atoms with Crippen molar-refractivity contribution in [2.24, 2.45) is 5.92 Å². The summed E-state index contributed by atoms with van der Waals surface area (Å²) in [6.45, 7) is 6.85. The van der Waals surface area contributed by atoms with Gasteiger partial charge in [0.1, 0.15) is 18.0 Å². The first kappa shape index (κ1) is 12.1. The van der Waals surface area contributed by atoms with Crippen LogP contribution in [0.25, 0.3) is 0 Å². The van der Waals surface area contributed by atoms with Crippen LogP contribution in [0.5, 0.6) is 0 Å². The molecule has 5 heteroatoms. The van der Waals surface area contributed by atoms with E-state index >= 15 is 0 Å². The predicted molar refractivity (Wildman–Crippen MR) is 69.8 cm³/mol. The van der Waals surface area contributed by atoms with E-state index in [-0.39, 0.29) is 0 Å². The highest BCUT2D eigenvalue weighted by Gasteiger charge is 2.14. The lowest BCUT2D eigenvalue weighted by atomic mass is 10.1. The molecule has 2 rings (SSSR count). The lowest BCUT2D eigenvalue weighted by Gasteiger charge is -2.20. The van der Waals surface area contributed by atoms with Crippen LogP contribution in [0.2, 0.25) is 0 Å². The van der Waals surface area contributed by atoms with E-state index in [0.717, 1.165) is 18.9 Å². The fraction of sp³-hybridized carbons (Fsp3) is 0.667. The summed E-state index contributed by atoms with van der Waals surface area (Å²) in [6.07, 6.45) is 4.19. The zero-order valence-electron chi connectivity index (χ0n) is 10.4. The van der Waals surface area contributed by atoms with Crippen LogP contribution >= 0.6 is 0 Å². The molecule has 1 aliphatic heterocycles. The van der Waals surface area contributed by atoms with Crippen LogP contribution in [0.1, 0.15) is 19.8 Å². The fourth-order valence-corrected chi connectivity index (χ4v) is 2.22. The number of nitrogens with one attached hydrogen (secondary N) is 1. The van der Waals surface area contributed by atoms with Crippen molar-refractivity contribution in [2.75, 3.05) is 37.2 Å². The SMILES string of the molecule is CC(CNc1cc(N)ncn1)CN1CCCC1. The van der Waals surface area contributed by atoms with Gasteiger partial charge in [-0.05, 0) is 31.8 Å². The van der Waals surface area contributed by atoms with Gasteiger partial charge in [-0.3, -0.25) is 0 Å². The Labute approximate surface area is 102 Å². The summed E-state index contributed by atoms with van der Waals surface area (Å²) in [7, 11) is 0. The molecule has 94 valence electrons. The van der Waals surface area contributed by atoms with Crippen LogP contribution in [0.15, 0.2) is 12.4 Å². The van der Waals surface area contributed by atoms with Crippen LogP contribution in [-0.4, -0.2) is 41.0 Å². The van der Waals surface area contributed by atoms with Gasteiger partial charge >= 0.3 is 0 Å². The second-order valence-electron chi connectivity index (χ2n) is 4.82. The summed E-state index contributed by atoms with van der Waals surface area (Å²) in [5.74, 6) is 1.93. The Kier molecular flexibility index (Phi) is 4.14. The van der Waals surface area contributed by atoms with Gasteiger partial charge in [0, 0.05) is 19.2 Å². The number of nitrogens with zero attached hydrogens (tertiary/aromatic N) is 3. The van der Waals surface area contributed by atoms with Crippen LogP contribution < -0.4 is 11.1 Å². The summed E-state index contributed by atoms with van der Waals surface area (Å²) in [6, 6.07) is 1.77. The zero-order chi connectivity index (χ0) is 12.1. The molecule has 0 spiro atoms. The molecule has 1 fully saturated rings. The third-order valence-corrected chi connectivity index (χ3v) is 3.09. The summed E-state index contributed by atoms with van der Waals surface area (Å²) >= 11 is 0. The monoisotopic (exact) mass is 235 g/mol. The lowest BCUT2D eigenvalue weighted by molar-refractivity contribution is 0.294. The number of nitrogen functional groups attached to an aromatic ring is 1. The second-order valence-corrected chi connectivity index (χ2v) is 4.82. The van der Waals surface area contributed by atoms with Gasteiger partial charge in [-0.1, -0.05) is 6.92 Å². The van der Waals surface area contributed by atoms with Crippen LogP contribution in [0, 0.1) is 5.92 Å². The average molecular weight is 235 g/mol. The molecule has 0 radical (unpaired) electrons. The minimum absolute atomic E-state index is 0.509. The highest BCUT2D eigenvalue weighted by molar-refractivity contribution is 5.43. The van der Waals surface area contributed by atoms with E-state index in [4.69, 9.17) is 5.73 Å². The second kappa shape index (κ2) is 5.82. The van der Waals surface area contributed by atoms with E-state index in [1.54, 1.807) is 6.07 Å². The minimum atomic E-state index is 0.509. The Balaban J connectivity index is 1.73. The number of aromatic nitrogens is 2. The van der Waals surface area contributed by atoms with Crippen LogP contribution in [-0.2, 0) is 0 Å². The highest BCUT2D eigenvalue weighted by atomic mass is 15.1. The number of nitrogens with two attached hydrogens (primary N) is 1. The van der Waals surface area contributed by atoms with Gasteiger partial charge < -0.3 is 16.0 Å². The van der Waals surface area contributed by atoms with Crippen LogP contribution in [0.3, 0.4) is 0 Å². The Morgan fingerprint density at radius 3 is 2.88 bits per heavy atom. The van der Waals surface area contributed by atoms with Gasteiger partial charge in [-0.25, -0.2) is 9.97 Å². The zero-order valence-corrected chi connectivity index (χ0v) is 10.4. The van der Waals surface area contributed by atoms with E-state index in [2.05, 4.69) is 27.1 Å². The molecule has 0 aromatic carbocycles. The summed E-state index contributed by atoms with van der Waals surface area (Å²) < 4.78 is 0. The van der Waals surface area contributed by atoms with E-state index in [1.165, 1.54) is 32.3 Å². The summed E-state index contributed by atoms with van der Waals surface area (Å²) in [5, 5.41) is 3.30. The first-order valence-corrected chi connectivity index (χ1v) is 6.28. The smallest absolute Gasteiger partial charge is 0.131 e. The summed E-state index contributed by atoms with van der Waals surface area (Å²) in [5.41, 5.74) is 5.60. The quantitative estimate of drug-likeness (QED) is 0.802. The Hall–Kier alpha value is -1.36. The van der Waals surface area contributed by atoms with E-state index in [9.17, 15) is 0 Å². The molecule has 0 bridgehead atoms. The van der Waals surface area contributed by atoms with Crippen molar-refractivity contribution in [1.82, 2.24) is 14.9 Å². The lowest BCUT2D eigenvalue weighted by Crippen LogP contribution is -2.29. The molecule has 0 aliphatic carbocycles. The van der Waals surface area contributed by atoms with Crippen molar-refractivity contribution >= 4 is 11.6 Å². The number of likely N-dealkylation sites (tertiary alicyclic amines) is 1. The maximum absolute atomic E-state index is 5.60. The van der Waals surface area contributed by atoms with Crippen molar-refractivity contribution in [3.63, 3.8) is 0 Å². The molecule has 17 heavy (non-hydrogen) atoms. The molecule has 2 heterocycles. The third kappa shape index (κ3) is 3.85. The first-order valence-electron chi connectivity index (χ1n) is 6.28. The molecular formula is C12H21N5. The van der Waals surface area contributed by atoms with Gasteiger partial charge in [0.25, 0.3) is 0 Å². The Morgan fingerprint density at radius 2 is 2.18 bits per heavy atom. The maximum atomic E-state index is 5.60. The molecular weight excluding hydrogens is 214 g/mol. The summed E-state index contributed by atoms with van der Waals surface area (Å²) in [4.78, 5) is 10.5. The normalized spacial score (nSPS) is 18.2. The fourth-order valence-electron chi connectivity index (χ4n) is 2.22. The number of rotatable bonds is 5. The van der Waals surface area contributed by atoms with Gasteiger partial charge in [-0.15, -0.1) is 0 Å². The molecule has 1 atom stereocenters. The van der Waals surface area contributed by atoms with E-state index in [1.807, 2.05) is 0 Å². The van der Waals surface area contributed by atoms with Gasteiger partial charge in [0.2, 0.25) is 0 Å². The largest absolute Gasteiger partial charge is 0.384 e. The molecule has 1 unspecified atom stereocenters. The predicted octanol–water partition coefficient (Wildman–Crippen LogP) is 1.20. The van der Waals surface area contributed by atoms with Crippen molar-refractivity contribution in [3.05, 3.63) is 12.4 Å². The Bertz CT molecular complexity index is 349. The van der Waals surface area contributed by atoms with Crippen LogP contribution in [0.4, 0.5) is 11.6 Å². The van der Waals surface area contributed by atoms with Gasteiger partial charge in [0.15, 0.2) is 0 Å². The average Bonchev–Trinajstić information content (AvgIpc) is 2.79. The number of anilines is 2. The minimum Gasteiger partial charge on any atom is -0.384 e. The van der Waals surface area contributed by atoms with Crippen molar-refractivity contribution < 1.29 is 0 Å². The highest BCUT2D eigenvalue weighted by Crippen LogP contribution is 2.11. The van der Waals surface area contributed by atoms with Crippen molar-refractivity contribution in [2.45, 2.75) is 19.8 Å². The van der Waals surface area contributed by atoms with Gasteiger partial charge in [0.05, 0.1) is 0 Å². The third-order valence-electron chi connectivity index (χ3n) is 3.09. The standard InChI is InChI=1S/C12H21N5/c1-10(8-17-4-2-3-5-17)7-14-12-6-11(13)15-9-16-12/h6,9-10H,2-5,7-8H2,1H3,(H3,13,14,15,16). The van der Waals surface area contributed by atoms with Crippen molar-refractivity contribution in [3.8, 4) is 0 Å². The number of hydrogen-bond acceptors (Lipinski definition) is 5. The van der Waals surface area contributed by atoms with E-state index < -0.39 is 0 Å². The molecule has 0 saturated carbocycles. The first-order chi connectivity index (χ1) is 8.24. The molecule has 3 N–H and O–H groups in total. The molecule has 1 aromatic rings. The molecule has 1 aliphatic rings. The topological polar surface area (TPSA) is 67.1 Å². The molecule has 5 nitrogen and oxygen atoms in total.